The quantitative estimate of drug-likeness (QED) is 0.783. The third-order valence-electron chi connectivity index (χ3n) is 2.85. The number of methoxy groups -OCH3 is 1. The van der Waals surface area contributed by atoms with E-state index in [0.717, 1.165) is 4.88 Å². The van der Waals surface area contributed by atoms with E-state index in [2.05, 4.69) is 10.1 Å². The number of rotatable bonds is 7. The number of carbonyl (C=O) groups excluding carboxylic acids is 1. The molecule has 0 aliphatic carbocycles. The molecule has 0 saturated carbocycles. The fourth-order valence-electron chi connectivity index (χ4n) is 1.80. The van der Waals surface area contributed by atoms with Gasteiger partial charge in [0.1, 0.15) is 0 Å². The second-order valence-corrected chi connectivity index (χ2v) is 5.45. The highest BCUT2D eigenvalue weighted by atomic mass is 32.1. The van der Waals surface area contributed by atoms with Crippen LogP contribution in [-0.4, -0.2) is 19.6 Å². The molecule has 0 unspecified atom stereocenters. The van der Waals surface area contributed by atoms with Crippen molar-refractivity contribution >= 4 is 23.3 Å². The molecule has 0 fully saturated rings. The Labute approximate surface area is 136 Å². The smallest absolute Gasteiger partial charge is 0.387 e. The van der Waals surface area contributed by atoms with Gasteiger partial charge < -0.3 is 14.8 Å². The van der Waals surface area contributed by atoms with Crippen molar-refractivity contribution in [1.82, 2.24) is 5.32 Å². The number of carbonyl (C=O) groups is 1. The maximum atomic E-state index is 12.2. The van der Waals surface area contributed by atoms with Crippen molar-refractivity contribution in [2.75, 3.05) is 7.11 Å². The lowest BCUT2D eigenvalue weighted by Gasteiger charge is -2.10. The molecule has 2 rings (SSSR count). The topological polar surface area (TPSA) is 47.6 Å². The minimum atomic E-state index is -2.92. The zero-order valence-corrected chi connectivity index (χ0v) is 13.1. The average Bonchev–Trinajstić information content (AvgIpc) is 3.04. The number of halogens is 2. The third-order valence-corrected chi connectivity index (χ3v) is 3.72. The van der Waals surface area contributed by atoms with Gasteiger partial charge in [0.2, 0.25) is 5.91 Å². The van der Waals surface area contributed by atoms with Crippen molar-refractivity contribution in [3.05, 3.63) is 52.2 Å². The molecule has 1 amide bonds. The molecule has 1 N–H and O–H groups in total. The molecule has 4 nitrogen and oxygen atoms in total. The fourth-order valence-corrected chi connectivity index (χ4v) is 2.44. The molecule has 0 aliphatic rings. The Morgan fingerprint density at radius 1 is 1.35 bits per heavy atom. The molecule has 0 atom stereocenters. The second kappa shape index (κ2) is 8.28. The van der Waals surface area contributed by atoms with Crippen LogP contribution in [0.15, 0.2) is 41.8 Å². The van der Waals surface area contributed by atoms with Crippen LogP contribution in [0.2, 0.25) is 0 Å². The summed E-state index contributed by atoms with van der Waals surface area (Å²) in [4.78, 5) is 12.8. The first-order chi connectivity index (χ1) is 11.1. The van der Waals surface area contributed by atoms with Crippen molar-refractivity contribution in [2.45, 2.75) is 13.2 Å². The van der Waals surface area contributed by atoms with Gasteiger partial charge in [0, 0.05) is 11.0 Å². The number of nitrogens with one attached hydrogen (secondary N) is 1. The molecule has 23 heavy (non-hydrogen) atoms. The van der Waals surface area contributed by atoms with E-state index in [0.29, 0.717) is 12.1 Å². The van der Waals surface area contributed by atoms with Crippen LogP contribution in [-0.2, 0) is 11.3 Å². The summed E-state index contributed by atoms with van der Waals surface area (Å²) in [5.74, 6) is -0.126. The zero-order chi connectivity index (χ0) is 16.7. The van der Waals surface area contributed by atoms with E-state index < -0.39 is 6.61 Å². The number of alkyl halides is 2. The van der Waals surface area contributed by atoms with E-state index in [1.807, 2.05) is 17.5 Å². The van der Waals surface area contributed by atoms with Crippen molar-refractivity contribution < 1.29 is 23.0 Å². The minimum Gasteiger partial charge on any atom is -0.493 e. The van der Waals surface area contributed by atoms with E-state index in [1.165, 1.54) is 25.3 Å². The molecule has 122 valence electrons. The Kier molecular flexibility index (Phi) is 6.10. The summed E-state index contributed by atoms with van der Waals surface area (Å²) in [5.41, 5.74) is 0.634. The summed E-state index contributed by atoms with van der Waals surface area (Å²) in [6.07, 6.45) is 2.94. The lowest BCUT2D eigenvalue weighted by Crippen LogP contribution is -2.19. The number of ether oxygens (including phenoxy) is 2. The molecule has 1 aromatic heterocycles. The first kappa shape index (κ1) is 17.0. The van der Waals surface area contributed by atoms with Gasteiger partial charge in [0.25, 0.3) is 0 Å². The van der Waals surface area contributed by atoms with E-state index in [4.69, 9.17) is 4.74 Å². The van der Waals surface area contributed by atoms with Gasteiger partial charge in [-0.15, -0.1) is 11.3 Å². The van der Waals surface area contributed by atoms with Gasteiger partial charge in [0.05, 0.1) is 13.7 Å². The molecule has 7 heteroatoms. The van der Waals surface area contributed by atoms with Gasteiger partial charge in [-0.1, -0.05) is 12.1 Å². The van der Waals surface area contributed by atoms with Gasteiger partial charge in [-0.05, 0) is 35.2 Å². The number of amides is 1. The first-order valence-corrected chi connectivity index (χ1v) is 7.57. The molecule has 1 heterocycles. The van der Waals surface area contributed by atoms with Gasteiger partial charge in [-0.2, -0.15) is 8.78 Å². The van der Waals surface area contributed by atoms with Crippen molar-refractivity contribution in [3.63, 3.8) is 0 Å². The largest absolute Gasteiger partial charge is 0.493 e. The molecule has 0 aliphatic heterocycles. The Bertz CT molecular complexity index is 672. The van der Waals surface area contributed by atoms with Crippen LogP contribution in [0.3, 0.4) is 0 Å². The standard InChI is InChI=1S/C16H15F2NO3S/c1-21-14-9-11(4-6-13(14)22-16(17)18)5-7-15(20)19-10-12-3-2-8-23-12/h2-9,16H,10H2,1H3,(H,19,20)/b7-5+. The summed E-state index contributed by atoms with van der Waals surface area (Å²) in [6.45, 7) is -2.46. The van der Waals surface area contributed by atoms with Crippen LogP contribution in [0.1, 0.15) is 10.4 Å². The molecular formula is C16H15F2NO3S. The number of hydrogen-bond acceptors (Lipinski definition) is 4. The molecule has 0 spiro atoms. The van der Waals surface area contributed by atoms with Crippen molar-refractivity contribution in [3.8, 4) is 11.5 Å². The van der Waals surface area contributed by atoms with E-state index >= 15 is 0 Å². The van der Waals surface area contributed by atoms with Crippen LogP contribution in [0, 0.1) is 0 Å². The maximum Gasteiger partial charge on any atom is 0.387 e. The summed E-state index contributed by atoms with van der Waals surface area (Å²) in [5, 5.41) is 4.69. The highest BCUT2D eigenvalue weighted by Crippen LogP contribution is 2.29. The summed E-state index contributed by atoms with van der Waals surface area (Å²) >= 11 is 1.56. The summed E-state index contributed by atoms with van der Waals surface area (Å²) in [7, 11) is 1.36. The predicted octanol–water partition coefficient (Wildman–Crippen LogP) is 3.69. The van der Waals surface area contributed by atoms with E-state index in [1.54, 1.807) is 23.5 Å². The molecule has 0 radical (unpaired) electrons. The average molecular weight is 339 g/mol. The van der Waals surface area contributed by atoms with Crippen molar-refractivity contribution in [1.29, 1.82) is 0 Å². The van der Waals surface area contributed by atoms with Crippen molar-refractivity contribution in [2.24, 2.45) is 0 Å². The van der Waals surface area contributed by atoms with Gasteiger partial charge in [-0.3, -0.25) is 4.79 Å². The molecule has 1 aromatic carbocycles. The Morgan fingerprint density at radius 2 is 2.17 bits per heavy atom. The zero-order valence-electron chi connectivity index (χ0n) is 12.3. The molecule has 0 saturated heterocycles. The van der Waals surface area contributed by atoms with Crippen LogP contribution in [0.5, 0.6) is 11.5 Å². The van der Waals surface area contributed by atoms with Crippen LogP contribution in [0.25, 0.3) is 6.08 Å². The Hall–Kier alpha value is -2.41. The normalized spacial score (nSPS) is 11.0. The Balaban J connectivity index is 1.97. The minimum absolute atomic E-state index is 0.0539. The van der Waals surface area contributed by atoms with Gasteiger partial charge in [-0.25, -0.2) is 0 Å². The lowest BCUT2D eigenvalue weighted by atomic mass is 10.2. The number of thiophene rings is 1. The highest BCUT2D eigenvalue weighted by molar-refractivity contribution is 7.09. The second-order valence-electron chi connectivity index (χ2n) is 4.42. The number of benzene rings is 1. The van der Waals surface area contributed by atoms with E-state index in [-0.39, 0.29) is 17.4 Å². The SMILES string of the molecule is COc1cc(/C=C/C(=O)NCc2cccs2)ccc1OC(F)F. The lowest BCUT2D eigenvalue weighted by molar-refractivity contribution is -0.116. The summed E-state index contributed by atoms with van der Waals surface area (Å²) in [6, 6.07) is 8.29. The fraction of sp³-hybridized carbons (Fsp3) is 0.188. The molecule has 2 aromatic rings. The van der Waals surface area contributed by atoms with Crippen LogP contribution in [0.4, 0.5) is 8.78 Å². The monoisotopic (exact) mass is 339 g/mol. The summed E-state index contributed by atoms with van der Waals surface area (Å²) < 4.78 is 33.8. The van der Waals surface area contributed by atoms with Gasteiger partial charge >= 0.3 is 6.61 Å². The maximum absolute atomic E-state index is 12.2. The van der Waals surface area contributed by atoms with Crippen LogP contribution < -0.4 is 14.8 Å². The predicted molar refractivity (Wildman–Crippen MR) is 84.8 cm³/mol. The van der Waals surface area contributed by atoms with Crippen LogP contribution >= 0.6 is 11.3 Å². The number of hydrogen-bond donors (Lipinski definition) is 1. The third kappa shape index (κ3) is 5.37. The van der Waals surface area contributed by atoms with E-state index in [9.17, 15) is 13.6 Å². The molecular weight excluding hydrogens is 324 g/mol. The highest BCUT2D eigenvalue weighted by Gasteiger charge is 2.10. The Morgan fingerprint density at radius 3 is 2.83 bits per heavy atom. The molecule has 0 bridgehead atoms. The first-order valence-electron chi connectivity index (χ1n) is 6.69. The van der Waals surface area contributed by atoms with Gasteiger partial charge in [0.15, 0.2) is 11.5 Å².